The number of fused-ring (bicyclic) bond motifs is 1. The van der Waals surface area contributed by atoms with E-state index >= 15 is 0 Å². The molecule has 28 heavy (non-hydrogen) atoms. The number of nitrogens with zero attached hydrogens (tertiary/aromatic N) is 1. The molecule has 3 rings (SSSR count). The minimum Gasteiger partial charge on any atom is -0.460 e. The molecule has 0 spiro atoms. The van der Waals surface area contributed by atoms with Crippen molar-refractivity contribution >= 4 is 40.1 Å². The zero-order chi connectivity index (χ0) is 20.1. The summed E-state index contributed by atoms with van der Waals surface area (Å²) in [6, 6.07) is 17.4. The van der Waals surface area contributed by atoms with Gasteiger partial charge < -0.3 is 10.5 Å². The van der Waals surface area contributed by atoms with Crippen LogP contribution in [-0.4, -0.2) is 22.6 Å². The summed E-state index contributed by atoms with van der Waals surface area (Å²) in [6.07, 6.45) is 0. The van der Waals surface area contributed by atoms with E-state index in [1.165, 1.54) is 12.1 Å². The molecular weight excluding hydrogens is 380 g/mol. The summed E-state index contributed by atoms with van der Waals surface area (Å²) in [4.78, 5) is 34.1. The highest BCUT2D eigenvalue weighted by molar-refractivity contribution is 8.00. The minimum atomic E-state index is -0.755. The molecule has 2 N–H and O–H groups in total. The highest BCUT2D eigenvalue weighted by Gasteiger charge is 2.18. The largest absolute Gasteiger partial charge is 0.460 e. The van der Waals surface area contributed by atoms with E-state index < -0.39 is 16.8 Å². The summed E-state index contributed by atoms with van der Waals surface area (Å²) in [5.41, 5.74) is 5.79. The Labute approximate surface area is 164 Å². The van der Waals surface area contributed by atoms with Gasteiger partial charge in [-0.2, -0.15) is 0 Å². The molecule has 0 saturated heterocycles. The van der Waals surface area contributed by atoms with Gasteiger partial charge in [0.05, 0.1) is 15.6 Å². The Morgan fingerprint density at radius 3 is 2.57 bits per heavy atom. The molecule has 0 atom stereocenters. The number of nitrogens with two attached hydrogens (primary N) is 1. The van der Waals surface area contributed by atoms with Gasteiger partial charge >= 0.3 is 5.97 Å². The first-order valence-electron chi connectivity index (χ1n) is 8.29. The molecule has 0 fully saturated rings. The van der Waals surface area contributed by atoms with Crippen LogP contribution in [0.2, 0.25) is 0 Å². The molecule has 3 aromatic carbocycles. The van der Waals surface area contributed by atoms with Crippen LogP contribution >= 0.6 is 11.8 Å². The Balaban J connectivity index is 1.64. The number of amides is 1. The molecule has 1 amide bonds. The average molecular weight is 396 g/mol. The number of hydrogen-bond acceptors (Lipinski definition) is 6. The van der Waals surface area contributed by atoms with E-state index in [-0.39, 0.29) is 28.5 Å². The van der Waals surface area contributed by atoms with Crippen LogP contribution in [0.15, 0.2) is 65.6 Å². The van der Waals surface area contributed by atoms with Crippen molar-refractivity contribution in [2.75, 3.05) is 5.75 Å². The van der Waals surface area contributed by atoms with Crippen molar-refractivity contribution in [1.29, 1.82) is 0 Å². The van der Waals surface area contributed by atoms with Crippen LogP contribution in [0, 0.1) is 10.1 Å². The molecule has 0 radical (unpaired) electrons. The Hall–Kier alpha value is -3.39. The van der Waals surface area contributed by atoms with Crippen LogP contribution in [0.3, 0.4) is 0 Å². The Morgan fingerprint density at radius 2 is 1.82 bits per heavy atom. The zero-order valence-corrected chi connectivity index (χ0v) is 15.5. The van der Waals surface area contributed by atoms with E-state index in [9.17, 15) is 19.7 Å². The Kier molecular flexibility index (Phi) is 5.90. The zero-order valence-electron chi connectivity index (χ0n) is 14.7. The molecule has 142 valence electrons. The normalized spacial score (nSPS) is 10.6. The minimum absolute atomic E-state index is 0.0367. The maximum Gasteiger partial charge on any atom is 0.316 e. The van der Waals surface area contributed by atoms with Gasteiger partial charge in [-0.3, -0.25) is 19.7 Å². The molecule has 0 saturated carbocycles. The van der Waals surface area contributed by atoms with Gasteiger partial charge in [-0.05, 0) is 28.5 Å². The molecule has 0 bridgehead atoms. The van der Waals surface area contributed by atoms with Crippen molar-refractivity contribution in [2.24, 2.45) is 5.73 Å². The maximum absolute atomic E-state index is 12.1. The average Bonchev–Trinajstić information content (AvgIpc) is 2.70. The van der Waals surface area contributed by atoms with Crippen LogP contribution in [0.1, 0.15) is 15.9 Å². The van der Waals surface area contributed by atoms with E-state index in [1.54, 1.807) is 0 Å². The fourth-order valence-electron chi connectivity index (χ4n) is 2.69. The SMILES string of the molecule is NC(=O)c1ccc(SCC(=O)OCc2cccc3ccccc23)c([N+](=O)[O-])c1. The standard InChI is InChI=1S/C20H16N2O5S/c21-20(24)14-8-9-18(17(10-14)22(25)26)28-12-19(23)27-11-15-6-3-5-13-4-1-2-7-16(13)15/h1-10H,11-12H2,(H2,21,24). The molecule has 0 aliphatic carbocycles. The summed E-state index contributed by atoms with van der Waals surface area (Å²) >= 11 is 0.974. The van der Waals surface area contributed by atoms with E-state index in [1.807, 2.05) is 42.5 Å². The smallest absolute Gasteiger partial charge is 0.316 e. The number of hydrogen-bond donors (Lipinski definition) is 1. The van der Waals surface area contributed by atoms with Gasteiger partial charge in [-0.1, -0.05) is 42.5 Å². The summed E-state index contributed by atoms with van der Waals surface area (Å²) in [7, 11) is 0. The summed E-state index contributed by atoms with van der Waals surface area (Å²) in [6.45, 7) is 0.115. The van der Waals surface area contributed by atoms with Gasteiger partial charge in [-0.25, -0.2) is 0 Å². The van der Waals surface area contributed by atoms with Crippen molar-refractivity contribution in [3.05, 3.63) is 81.9 Å². The quantitative estimate of drug-likeness (QED) is 0.282. The number of benzene rings is 3. The van der Waals surface area contributed by atoms with Crippen LogP contribution in [-0.2, 0) is 16.1 Å². The summed E-state index contributed by atoms with van der Waals surface area (Å²) in [5, 5.41) is 13.3. The lowest BCUT2D eigenvalue weighted by molar-refractivity contribution is -0.387. The number of carbonyl (C=O) groups excluding carboxylic acids is 2. The van der Waals surface area contributed by atoms with E-state index in [0.29, 0.717) is 0 Å². The van der Waals surface area contributed by atoms with Gasteiger partial charge in [0, 0.05) is 11.6 Å². The van der Waals surface area contributed by atoms with Crippen molar-refractivity contribution in [3.63, 3.8) is 0 Å². The lowest BCUT2D eigenvalue weighted by Crippen LogP contribution is -2.11. The molecule has 0 aliphatic heterocycles. The van der Waals surface area contributed by atoms with Crippen LogP contribution in [0.25, 0.3) is 10.8 Å². The highest BCUT2D eigenvalue weighted by atomic mass is 32.2. The molecule has 0 aromatic heterocycles. The number of carbonyl (C=O) groups is 2. The second-order valence-electron chi connectivity index (χ2n) is 5.89. The second kappa shape index (κ2) is 8.53. The maximum atomic E-state index is 12.1. The third-order valence-corrected chi connectivity index (χ3v) is 5.09. The number of ether oxygens (including phenoxy) is 1. The first kappa shape index (κ1) is 19.4. The second-order valence-corrected chi connectivity index (χ2v) is 6.91. The third kappa shape index (κ3) is 4.47. The molecule has 3 aromatic rings. The van der Waals surface area contributed by atoms with Crippen LogP contribution in [0.4, 0.5) is 5.69 Å². The number of nitro benzene ring substituents is 1. The fourth-order valence-corrected chi connectivity index (χ4v) is 3.49. The first-order chi connectivity index (χ1) is 13.5. The number of primary amides is 1. The lowest BCUT2D eigenvalue weighted by atomic mass is 10.1. The third-order valence-electron chi connectivity index (χ3n) is 4.05. The monoisotopic (exact) mass is 396 g/mol. The van der Waals surface area contributed by atoms with E-state index in [2.05, 4.69) is 0 Å². The predicted octanol–water partition coefficient (Wildman–Crippen LogP) is 3.68. The van der Waals surface area contributed by atoms with Crippen LogP contribution < -0.4 is 5.73 Å². The molecular formula is C20H16N2O5S. The highest BCUT2D eigenvalue weighted by Crippen LogP contribution is 2.30. The lowest BCUT2D eigenvalue weighted by Gasteiger charge is -2.08. The van der Waals surface area contributed by atoms with Crippen molar-refractivity contribution < 1.29 is 19.2 Å². The predicted molar refractivity (Wildman–Crippen MR) is 106 cm³/mol. The van der Waals surface area contributed by atoms with Crippen LogP contribution in [0.5, 0.6) is 0 Å². The number of nitro groups is 1. The van der Waals surface area contributed by atoms with Crippen molar-refractivity contribution in [1.82, 2.24) is 0 Å². The van der Waals surface area contributed by atoms with E-state index in [4.69, 9.17) is 10.5 Å². The summed E-state index contributed by atoms with van der Waals surface area (Å²) in [5.74, 6) is -1.35. The molecule has 0 heterocycles. The van der Waals surface area contributed by atoms with E-state index in [0.717, 1.165) is 34.2 Å². The first-order valence-corrected chi connectivity index (χ1v) is 9.27. The molecule has 7 nitrogen and oxygen atoms in total. The number of esters is 1. The number of thioether (sulfide) groups is 1. The topological polar surface area (TPSA) is 113 Å². The summed E-state index contributed by atoms with van der Waals surface area (Å²) < 4.78 is 5.32. The number of rotatable bonds is 7. The Morgan fingerprint density at radius 1 is 1.07 bits per heavy atom. The van der Waals surface area contributed by atoms with Gasteiger partial charge in [0.2, 0.25) is 5.91 Å². The molecule has 8 heteroatoms. The van der Waals surface area contributed by atoms with Gasteiger partial charge in [0.15, 0.2) is 0 Å². The molecule has 0 unspecified atom stereocenters. The Bertz CT molecular complexity index is 1060. The fraction of sp³-hybridized carbons (Fsp3) is 0.100. The molecule has 0 aliphatic rings. The van der Waals surface area contributed by atoms with Gasteiger partial charge in [-0.15, -0.1) is 11.8 Å². The van der Waals surface area contributed by atoms with Crippen molar-refractivity contribution in [2.45, 2.75) is 11.5 Å². The van der Waals surface area contributed by atoms with Gasteiger partial charge in [0.1, 0.15) is 6.61 Å². The van der Waals surface area contributed by atoms with Gasteiger partial charge in [0.25, 0.3) is 5.69 Å². The van der Waals surface area contributed by atoms with Crippen molar-refractivity contribution in [3.8, 4) is 0 Å².